The van der Waals surface area contributed by atoms with Crippen molar-refractivity contribution in [3.05, 3.63) is 36.0 Å². The van der Waals surface area contributed by atoms with E-state index in [1.54, 1.807) is 6.20 Å². The number of aliphatic hydroxyl groups is 1. The van der Waals surface area contributed by atoms with Crippen molar-refractivity contribution in [1.29, 1.82) is 0 Å². The molecule has 2 atom stereocenters. The number of H-pyrrole nitrogens is 1. The summed E-state index contributed by atoms with van der Waals surface area (Å²) in [6.07, 6.45) is 1.10. The Labute approximate surface area is 129 Å². The number of hydrogen-bond acceptors (Lipinski definition) is 3. The van der Waals surface area contributed by atoms with E-state index in [2.05, 4.69) is 4.98 Å². The van der Waals surface area contributed by atoms with Crippen molar-refractivity contribution in [2.45, 2.75) is 23.1 Å². The van der Waals surface area contributed by atoms with Gasteiger partial charge in [-0.3, -0.25) is 0 Å². The number of fused-ring (bicyclic) bond motifs is 1. The van der Waals surface area contributed by atoms with E-state index in [9.17, 15) is 19.8 Å². The molecule has 0 bridgehead atoms. The fourth-order valence-electron chi connectivity index (χ4n) is 2.24. The van der Waals surface area contributed by atoms with Gasteiger partial charge in [-0.1, -0.05) is 0 Å². The summed E-state index contributed by atoms with van der Waals surface area (Å²) < 4.78 is -1.01. The summed E-state index contributed by atoms with van der Waals surface area (Å²) in [5.74, 6) is -2.58. The molecule has 1 aromatic heterocycles. The molecule has 0 saturated carbocycles. The molecule has 0 spiro atoms. The van der Waals surface area contributed by atoms with E-state index in [4.69, 9.17) is 5.11 Å². The number of rotatable bonds is 6. The Morgan fingerprint density at radius 2 is 1.95 bits per heavy atom. The summed E-state index contributed by atoms with van der Waals surface area (Å²) >= 11 is 1.88. The number of carbonyl (C=O) groups is 2. The zero-order valence-electron chi connectivity index (χ0n) is 11.0. The molecule has 0 aliphatic carbocycles. The summed E-state index contributed by atoms with van der Waals surface area (Å²) in [7, 11) is 0. The first kappa shape index (κ1) is 15.6. The first-order valence-corrected chi connectivity index (χ1v) is 7.33. The van der Waals surface area contributed by atoms with Crippen molar-refractivity contribution in [3.63, 3.8) is 0 Å². The maximum absolute atomic E-state index is 11.4. The van der Waals surface area contributed by atoms with Crippen LogP contribution in [0.2, 0.25) is 4.71 Å². The minimum atomic E-state index is -2.12. The molecule has 21 heavy (non-hydrogen) atoms. The van der Waals surface area contributed by atoms with Crippen LogP contribution in [0.5, 0.6) is 0 Å². The topological polar surface area (TPSA) is 111 Å². The molecule has 0 amide bonds. The van der Waals surface area contributed by atoms with Crippen LogP contribution in [0, 0.1) is 0 Å². The molecule has 110 valence electrons. The van der Waals surface area contributed by atoms with E-state index in [1.165, 1.54) is 0 Å². The van der Waals surface area contributed by atoms with Crippen molar-refractivity contribution in [2.75, 3.05) is 0 Å². The Balaban J connectivity index is 2.31. The number of aliphatic carboxylic acids is 2. The molecule has 2 rings (SSSR count). The molecular weight excluding hydrogens is 337 g/mol. The Kier molecular flexibility index (Phi) is 4.40. The summed E-state index contributed by atoms with van der Waals surface area (Å²) in [6, 6.07) is 7.32. The first-order valence-electron chi connectivity index (χ1n) is 6.25. The third-order valence-electron chi connectivity index (χ3n) is 3.37. The van der Waals surface area contributed by atoms with Gasteiger partial charge in [-0.05, 0) is 0 Å². The second kappa shape index (κ2) is 5.92. The second-order valence-corrected chi connectivity index (χ2v) is 6.24. The van der Waals surface area contributed by atoms with Crippen molar-refractivity contribution >= 4 is 39.7 Å². The molecule has 0 aliphatic heterocycles. The maximum atomic E-state index is 11.4. The summed E-state index contributed by atoms with van der Waals surface area (Å²) in [6.45, 7) is 0. The Bertz CT molecular complexity index is 683. The average Bonchev–Trinajstić information content (AvgIpc) is 2.81. The van der Waals surface area contributed by atoms with E-state index in [0.717, 1.165) is 10.9 Å². The van der Waals surface area contributed by atoms with Gasteiger partial charge in [-0.2, -0.15) is 0 Å². The van der Waals surface area contributed by atoms with Crippen LogP contribution in [-0.4, -0.2) is 54.7 Å². The monoisotopic (exact) mass is 351 g/mol. The van der Waals surface area contributed by atoms with Crippen molar-refractivity contribution in [2.24, 2.45) is 0 Å². The summed E-state index contributed by atoms with van der Waals surface area (Å²) in [5, 5.41) is 29.3. The van der Waals surface area contributed by atoms with E-state index in [0.29, 0.717) is 5.56 Å². The number of aromatic amines is 1. The molecule has 0 fully saturated rings. The van der Waals surface area contributed by atoms with Crippen LogP contribution in [0.3, 0.4) is 0 Å². The SMILES string of the molecule is O=C(O)C([As])CC(O)(Cc1c[nH]c2ccccc12)C(=O)O. The summed E-state index contributed by atoms with van der Waals surface area (Å²) in [5.41, 5.74) is -0.649. The molecule has 1 heterocycles. The van der Waals surface area contributed by atoms with E-state index < -0.39 is 22.2 Å². The molecule has 2 unspecified atom stereocenters. The van der Waals surface area contributed by atoms with Crippen LogP contribution in [-0.2, 0) is 16.0 Å². The third-order valence-corrected chi connectivity index (χ3v) is 4.22. The third kappa shape index (κ3) is 3.28. The fourth-order valence-corrected chi connectivity index (χ4v) is 2.87. The molecule has 4 N–H and O–H groups in total. The van der Waals surface area contributed by atoms with E-state index in [-0.39, 0.29) is 12.8 Å². The quantitative estimate of drug-likeness (QED) is 0.580. The summed E-state index contributed by atoms with van der Waals surface area (Å²) in [4.78, 5) is 25.3. The average molecular weight is 351 g/mol. The van der Waals surface area contributed by atoms with Gasteiger partial charge < -0.3 is 0 Å². The first-order chi connectivity index (χ1) is 9.83. The molecule has 2 aromatic rings. The van der Waals surface area contributed by atoms with Crippen LogP contribution < -0.4 is 0 Å². The second-order valence-electron chi connectivity index (χ2n) is 4.93. The number of carboxylic acid groups (broad SMARTS) is 2. The van der Waals surface area contributed by atoms with Crippen LogP contribution in [0.25, 0.3) is 10.9 Å². The number of aromatic nitrogens is 1. The van der Waals surface area contributed by atoms with Gasteiger partial charge in [0.15, 0.2) is 0 Å². The van der Waals surface area contributed by atoms with Gasteiger partial charge in [0.2, 0.25) is 0 Å². The van der Waals surface area contributed by atoms with Gasteiger partial charge in [0.05, 0.1) is 0 Å². The zero-order valence-corrected chi connectivity index (χ0v) is 12.9. The normalized spacial score (nSPS) is 15.5. The standard InChI is InChI=1S/C14H14AsNO5/c15-10(12(17)18)6-14(21,13(19)20)5-8-7-16-11-4-2-1-3-9(8)11/h1-4,7,10,16,21H,5-6H2,(H,17,18)(H,19,20). The van der Waals surface area contributed by atoms with Crippen LogP contribution in [0.4, 0.5) is 0 Å². The van der Waals surface area contributed by atoms with E-state index >= 15 is 0 Å². The van der Waals surface area contributed by atoms with Crippen molar-refractivity contribution in [1.82, 2.24) is 4.98 Å². The minimum absolute atomic E-state index is 0.159. The Hall–Kier alpha value is -1.78. The number of para-hydroxylation sites is 1. The number of carboxylic acids is 2. The Morgan fingerprint density at radius 1 is 1.29 bits per heavy atom. The van der Waals surface area contributed by atoms with Gasteiger partial charge in [-0.15, -0.1) is 0 Å². The molecule has 1 aromatic carbocycles. The van der Waals surface area contributed by atoms with Crippen LogP contribution in [0.15, 0.2) is 30.5 Å². The predicted molar refractivity (Wildman–Crippen MR) is 76.3 cm³/mol. The van der Waals surface area contributed by atoms with Gasteiger partial charge in [0, 0.05) is 0 Å². The molecule has 7 heteroatoms. The molecule has 6 nitrogen and oxygen atoms in total. The molecule has 0 aliphatic rings. The van der Waals surface area contributed by atoms with Crippen LogP contribution in [0.1, 0.15) is 12.0 Å². The van der Waals surface area contributed by atoms with Gasteiger partial charge >= 0.3 is 129 Å². The van der Waals surface area contributed by atoms with E-state index in [1.807, 2.05) is 41.1 Å². The predicted octanol–water partition coefficient (Wildman–Crippen LogP) is 0.958. The van der Waals surface area contributed by atoms with Gasteiger partial charge in [-0.25, -0.2) is 0 Å². The van der Waals surface area contributed by atoms with Gasteiger partial charge in [0.25, 0.3) is 0 Å². The van der Waals surface area contributed by atoms with Crippen LogP contribution >= 0.6 is 0 Å². The van der Waals surface area contributed by atoms with Crippen molar-refractivity contribution in [3.8, 4) is 0 Å². The molecule has 0 saturated heterocycles. The number of benzene rings is 1. The fraction of sp³-hybridized carbons (Fsp3) is 0.286. The number of hydrogen-bond donors (Lipinski definition) is 4. The molecule has 2 radical (unpaired) electrons. The zero-order chi connectivity index (χ0) is 15.6. The Morgan fingerprint density at radius 3 is 2.57 bits per heavy atom. The van der Waals surface area contributed by atoms with Crippen molar-refractivity contribution < 1.29 is 24.9 Å². The van der Waals surface area contributed by atoms with Gasteiger partial charge in [0.1, 0.15) is 0 Å². The molecular formula is C14H14AsNO5. The number of nitrogens with one attached hydrogen (secondary N) is 1.